The standard InChI is InChI=1S/C20H25N3O5/c1-26-15-6-4-14(5-7-15)23(11-10-19(21)24)13-20(25)22-17-9-8-16(27-2)12-18(17)28-3/h4-9,12H,10-11,13H2,1-3H3,(H2,21,24)(H,22,25). The number of nitrogens with one attached hydrogen (secondary N) is 1. The lowest BCUT2D eigenvalue weighted by molar-refractivity contribution is -0.118. The van der Waals surface area contributed by atoms with Crippen molar-refractivity contribution in [3.63, 3.8) is 0 Å². The molecule has 2 aromatic rings. The molecule has 8 heteroatoms. The topological polar surface area (TPSA) is 103 Å². The van der Waals surface area contributed by atoms with Gasteiger partial charge in [-0.05, 0) is 36.4 Å². The number of hydrogen-bond acceptors (Lipinski definition) is 6. The van der Waals surface area contributed by atoms with Gasteiger partial charge in [0.15, 0.2) is 0 Å². The van der Waals surface area contributed by atoms with Gasteiger partial charge in [-0.3, -0.25) is 9.59 Å². The second-order valence-corrected chi connectivity index (χ2v) is 5.95. The second-order valence-electron chi connectivity index (χ2n) is 5.95. The largest absolute Gasteiger partial charge is 0.497 e. The third-order valence-corrected chi connectivity index (χ3v) is 4.08. The predicted octanol–water partition coefficient (Wildman–Crippen LogP) is 2.03. The van der Waals surface area contributed by atoms with Gasteiger partial charge in [-0.15, -0.1) is 0 Å². The monoisotopic (exact) mass is 387 g/mol. The Kier molecular flexibility index (Phi) is 7.50. The quantitative estimate of drug-likeness (QED) is 0.647. The van der Waals surface area contributed by atoms with E-state index in [0.29, 0.717) is 29.5 Å². The minimum Gasteiger partial charge on any atom is -0.497 e. The first-order chi connectivity index (χ1) is 13.5. The smallest absolute Gasteiger partial charge is 0.243 e. The number of rotatable bonds is 10. The van der Waals surface area contributed by atoms with E-state index in [2.05, 4.69) is 5.32 Å². The molecule has 0 saturated heterocycles. The third-order valence-electron chi connectivity index (χ3n) is 4.08. The highest BCUT2D eigenvalue weighted by molar-refractivity contribution is 5.95. The van der Waals surface area contributed by atoms with E-state index in [1.165, 1.54) is 7.11 Å². The fourth-order valence-corrected chi connectivity index (χ4v) is 2.60. The molecule has 0 aromatic heterocycles. The molecule has 2 amide bonds. The van der Waals surface area contributed by atoms with Crippen LogP contribution < -0.4 is 30.2 Å². The van der Waals surface area contributed by atoms with Crippen molar-refractivity contribution < 1.29 is 23.8 Å². The molecular weight excluding hydrogens is 362 g/mol. The molecule has 8 nitrogen and oxygen atoms in total. The number of nitrogens with zero attached hydrogens (tertiary/aromatic N) is 1. The zero-order valence-corrected chi connectivity index (χ0v) is 16.2. The number of carbonyl (C=O) groups excluding carboxylic acids is 2. The van der Waals surface area contributed by atoms with Crippen LogP contribution in [-0.2, 0) is 9.59 Å². The average molecular weight is 387 g/mol. The molecule has 0 radical (unpaired) electrons. The van der Waals surface area contributed by atoms with Gasteiger partial charge in [-0.2, -0.15) is 0 Å². The molecule has 0 aliphatic rings. The van der Waals surface area contributed by atoms with Crippen molar-refractivity contribution in [1.29, 1.82) is 0 Å². The van der Waals surface area contributed by atoms with Gasteiger partial charge < -0.3 is 30.2 Å². The zero-order chi connectivity index (χ0) is 20.5. The summed E-state index contributed by atoms with van der Waals surface area (Å²) in [7, 11) is 4.65. The summed E-state index contributed by atoms with van der Waals surface area (Å²) in [6.45, 7) is 0.351. The van der Waals surface area contributed by atoms with Gasteiger partial charge in [0.2, 0.25) is 11.8 Å². The molecule has 0 atom stereocenters. The maximum Gasteiger partial charge on any atom is 0.243 e. The number of anilines is 2. The van der Waals surface area contributed by atoms with E-state index in [9.17, 15) is 9.59 Å². The second kappa shape index (κ2) is 10.1. The normalized spacial score (nSPS) is 10.1. The highest BCUT2D eigenvalue weighted by Gasteiger charge is 2.15. The highest BCUT2D eigenvalue weighted by Crippen LogP contribution is 2.29. The van der Waals surface area contributed by atoms with Crippen molar-refractivity contribution in [2.45, 2.75) is 6.42 Å². The molecule has 0 saturated carbocycles. The van der Waals surface area contributed by atoms with Crippen LogP contribution >= 0.6 is 0 Å². The van der Waals surface area contributed by atoms with Crippen LogP contribution in [0.5, 0.6) is 17.2 Å². The summed E-state index contributed by atoms with van der Waals surface area (Å²) in [4.78, 5) is 25.6. The Morgan fingerprint density at radius 3 is 2.18 bits per heavy atom. The number of benzene rings is 2. The van der Waals surface area contributed by atoms with E-state index in [1.54, 1.807) is 49.5 Å². The van der Waals surface area contributed by atoms with E-state index in [1.807, 2.05) is 12.1 Å². The van der Waals surface area contributed by atoms with Crippen LogP contribution in [0.2, 0.25) is 0 Å². The van der Waals surface area contributed by atoms with Gasteiger partial charge in [0.05, 0.1) is 33.6 Å². The number of methoxy groups -OCH3 is 3. The summed E-state index contributed by atoms with van der Waals surface area (Å²) >= 11 is 0. The molecule has 28 heavy (non-hydrogen) atoms. The Hall–Kier alpha value is -3.42. The molecule has 3 N–H and O–H groups in total. The first kappa shape index (κ1) is 20.9. The van der Waals surface area contributed by atoms with Crippen LogP contribution in [0.15, 0.2) is 42.5 Å². The fourth-order valence-electron chi connectivity index (χ4n) is 2.60. The number of amides is 2. The van der Waals surface area contributed by atoms with E-state index < -0.39 is 5.91 Å². The number of carbonyl (C=O) groups is 2. The number of ether oxygens (including phenoxy) is 3. The molecular formula is C20H25N3O5. The Labute approximate surface area is 164 Å². The molecule has 150 valence electrons. The van der Waals surface area contributed by atoms with E-state index >= 15 is 0 Å². The van der Waals surface area contributed by atoms with Gasteiger partial charge in [-0.1, -0.05) is 0 Å². The van der Waals surface area contributed by atoms with E-state index in [-0.39, 0.29) is 18.9 Å². The van der Waals surface area contributed by atoms with Crippen LogP contribution in [0.3, 0.4) is 0 Å². The Morgan fingerprint density at radius 1 is 0.964 bits per heavy atom. The van der Waals surface area contributed by atoms with Crippen molar-refractivity contribution in [3.8, 4) is 17.2 Å². The molecule has 0 aliphatic heterocycles. The molecule has 2 rings (SSSR count). The Balaban J connectivity index is 2.13. The summed E-state index contributed by atoms with van der Waals surface area (Å²) in [5.74, 6) is 1.11. The highest BCUT2D eigenvalue weighted by atomic mass is 16.5. The average Bonchev–Trinajstić information content (AvgIpc) is 2.71. The van der Waals surface area contributed by atoms with Crippen LogP contribution in [0.4, 0.5) is 11.4 Å². The summed E-state index contributed by atoms with van der Waals surface area (Å²) in [6, 6.07) is 12.3. The number of hydrogen-bond donors (Lipinski definition) is 2. The first-order valence-corrected chi connectivity index (χ1v) is 8.66. The number of nitrogens with two attached hydrogens (primary N) is 1. The van der Waals surface area contributed by atoms with Crippen molar-refractivity contribution in [2.24, 2.45) is 5.73 Å². The minimum atomic E-state index is -0.434. The number of primary amides is 1. The van der Waals surface area contributed by atoms with Crippen LogP contribution in [-0.4, -0.2) is 46.2 Å². The molecule has 0 aliphatic carbocycles. The third kappa shape index (κ3) is 5.80. The summed E-state index contributed by atoms with van der Waals surface area (Å²) < 4.78 is 15.6. The van der Waals surface area contributed by atoms with Gasteiger partial charge in [0.1, 0.15) is 17.2 Å². The van der Waals surface area contributed by atoms with Crippen LogP contribution in [0.25, 0.3) is 0 Å². The molecule has 0 spiro atoms. The van der Waals surface area contributed by atoms with Gasteiger partial charge in [-0.25, -0.2) is 0 Å². The van der Waals surface area contributed by atoms with Crippen LogP contribution in [0, 0.1) is 0 Å². The Bertz CT molecular complexity index is 808. The van der Waals surface area contributed by atoms with E-state index in [4.69, 9.17) is 19.9 Å². The molecule has 0 bridgehead atoms. The predicted molar refractivity (Wildman–Crippen MR) is 107 cm³/mol. The fraction of sp³-hybridized carbons (Fsp3) is 0.300. The lowest BCUT2D eigenvalue weighted by Crippen LogP contribution is -2.35. The Morgan fingerprint density at radius 2 is 1.61 bits per heavy atom. The summed E-state index contributed by atoms with van der Waals surface area (Å²) in [6.07, 6.45) is 0.130. The lowest BCUT2D eigenvalue weighted by Gasteiger charge is -2.24. The zero-order valence-electron chi connectivity index (χ0n) is 16.2. The first-order valence-electron chi connectivity index (χ1n) is 8.66. The van der Waals surface area contributed by atoms with E-state index in [0.717, 1.165) is 5.69 Å². The van der Waals surface area contributed by atoms with Crippen molar-refractivity contribution in [3.05, 3.63) is 42.5 Å². The maximum absolute atomic E-state index is 12.6. The van der Waals surface area contributed by atoms with Crippen molar-refractivity contribution in [2.75, 3.05) is 44.6 Å². The minimum absolute atomic E-state index is 0.0365. The van der Waals surface area contributed by atoms with Gasteiger partial charge in [0.25, 0.3) is 0 Å². The van der Waals surface area contributed by atoms with Gasteiger partial charge in [0, 0.05) is 24.7 Å². The van der Waals surface area contributed by atoms with Crippen molar-refractivity contribution in [1.82, 2.24) is 0 Å². The lowest BCUT2D eigenvalue weighted by atomic mass is 10.2. The summed E-state index contributed by atoms with van der Waals surface area (Å²) in [5, 5.41) is 2.82. The molecule has 0 fully saturated rings. The van der Waals surface area contributed by atoms with Gasteiger partial charge >= 0.3 is 0 Å². The van der Waals surface area contributed by atoms with Crippen LogP contribution in [0.1, 0.15) is 6.42 Å². The maximum atomic E-state index is 12.6. The molecule has 0 heterocycles. The summed E-state index contributed by atoms with van der Waals surface area (Å²) in [5.41, 5.74) is 6.57. The van der Waals surface area contributed by atoms with Crippen molar-refractivity contribution >= 4 is 23.2 Å². The molecule has 0 unspecified atom stereocenters. The molecule has 2 aromatic carbocycles. The SMILES string of the molecule is COc1ccc(N(CCC(N)=O)CC(=O)Nc2ccc(OC)cc2OC)cc1.